The Labute approximate surface area is 146 Å². The molecule has 0 saturated heterocycles. The Kier molecular flexibility index (Phi) is 3.87. The number of carbonyl (C=O) groups excluding carboxylic acids is 1. The molecule has 0 fully saturated rings. The van der Waals surface area contributed by atoms with Gasteiger partial charge in [0.1, 0.15) is 0 Å². The summed E-state index contributed by atoms with van der Waals surface area (Å²) in [7, 11) is 0. The van der Waals surface area contributed by atoms with Crippen LogP contribution >= 0.6 is 11.3 Å². The molecule has 0 atom stereocenters. The highest BCUT2D eigenvalue weighted by Gasteiger charge is 2.20. The van der Waals surface area contributed by atoms with Crippen LogP contribution < -0.4 is 5.32 Å². The minimum absolute atomic E-state index is 0.195. The zero-order valence-electron chi connectivity index (χ0n) is 13.1. The smallest absolute Gasteiger partial charge is 0.280 e. The minimum Gasteiger partial charge on any atom is -0.462 e. The molecule has 1 N–H and O–H groups in total. The molecule has 3 heterocycles. The second kappa shape index (κ2) is 6.33. The summed E-state index contributed by atoms with van der Waals surface area (Å²) in [4.78, 5) is 16.6. The van der Waals surface area contributed by atoms with E-state index in [0.29, 0.717) is 21.7 Å². The van der Waals surface area contributed by atoms with Crippen LogP contribution in [0.15, 0.2) is 57.9 Å². The third-order valence-electron chi connectivity index (χ3n) is 3.44. The van der Waals surface area contributed by atoms with Gasteiger partial charge in [-0.2, -0.15) is 0 Å². The summed E-state index contributed by atoms with van der Waals surface area (Å²) in [6, 6.07) is 11.2. The summed E-state index contributed by atoms with van der Waals surface area (Å²) in [6.45, 7) is 1.97. The van der Waals surface area contributed by atoms with Gasteiger partial charge in [-0.3, -0.25) is 10.1 Å². The van der Waals surface area contributed by atoms with E-state index in [4.69, 9.17) is 8.83 Å². The summed E-state index contributed by atoms with van der Waals surface area (Å²) in [5.74, 6) is 0.601. The van der Waals surface area contributed by atoms with E-state index < -0.39 is 5.91 Å². The van der Waals surface area contributed by atoms with Gasteiger partial charge in [0.2, 0.25) is 5.13 Å². The zero-order valence-corrected chi connectivity index (χ0v) is 13.9. The van der Waals surface area contributed by atoms with Crippen molar-refractivity contribution in [2.24, 2.45) is 0 Å². The summed E-state index contributed by atoms with van der Waals surface area (Å²) in [5.41, 5.74) is 2.05. The van der Waals surface area contributed by atoms with Crippen molar-refractivity contribution in [3.05, 3.63) is 60.3 Å². The minimum atomic E-state index is -0.410. The van der Waals surface area contributed by atoms with Gasteiger partial charge < -0.3 is 8.83 Å². The van der Waals surface area contributed by atoms with Crippen LogP contribution in [0, 0.1) is 6.92 Å². The number of hydrogen-bond acceptors (Lipinski definition) is 7. The van der Waals surface area contributed by atoms with Gasteiger partial charge in [-0.1, -0.05) is 35.1 Å². The maximum atomic E-state index is 12.5. The molecule has 0 saturated carbocycles. The normalized spacial score (nSPS) is 10.8. The lowest BCUT2D eigenvalue weighted by atomic mass is 10.1. The molecular weight excluding hydrogens is 340 g/mol. The third-order valence-corrected chi connectivity index (χ3v) is 4.29. The SMILES string of the molecule is Cc1cccc(-c2ocnc2C(=O)Nc2nnc(-c3ccco3)s2)c1. The Hall–Kier alpha value is -3.26. The number of rotatable bonds is 4. The zero-order chi connectivity index (χ0) is 17.2. The third kappa shape index (κ3) is 3.07. The van der Waals surface area contributed by atoms with E-state index in [0.717, 1.165) is 11.1 Å². The lowest BCUT2D eigenvalue weighted by molar-refractivity contribution is 0.102. The molecule has 0 unspecified atom stereocenters. The summed E-state index contributed by atoms with van der Waals surface area (Å²) >= 11 is 1.21. The van der Waals surface area contributed by atoms with Gasteiger partial charge in [0.05, 0.1) is 6.26 Å². The summed E-state index contributed by atoms with van der Waals surface area (Å²) in [6.07, 6.45) is 2.81. The molecule has 0 spiro atoms. The Bertz CT molecular complexity index is 1020. The number of aromatic nitrogens is 3. The fourth-order valence-corrected chi connectivity index (χ4v) is 3.04. The fourth-order valence-electron chi connectivity index (χ4n) is 2.33. The van der Waals surface area contributed by atoms with Crippen molar-refractivity contribution in [3.63, 3.8) is 0 Å². The van der Waals surface area contributed by atoms with E-state index in [2.05, 4.69) is 20.5 Å². The molecule has 1 aromatic carbocycles. The highest BCUT2D eigenvalue weighted by molar-refractivity contribution is 7.18. The van der Waals surface area contributed by atoms with Crippen molar-refractivity contribution >= 4 is 22.4 Å². The number of furan rings is 1. The number of aryl methyl sites for hydroxylation is 1. The monoisotopic (exact) mass is 352 g/mol. The highest BCUT2D eigenvalue weighted by atomic mass is 32.1. The van der Waals surface area contributed by atoms with E-state index in [-0.39, 0.29) is 5.69 Å². The Balaban J connectivity index is 1.58. The van der Waals surface area contributed by atoms with Crippen LogP contribution in [-0.4, -0.2) is 21.1 Å². The predicted octanol–water partition coefficient (Wildman–Crippen LogP) is 4.01. The van der Waals surface area contributed by atoms with Crippen LogP contribution in [0.3, 0.4) is 0 Å². The number of anilines is 1. The van der Waals surface area contributed by atoms with Crippen LogP contribution in [0.25, 0.3) is 22.1 Å². The number of hydrogen-bond donors (Lipinski definition) is 1. The highest BCUT2D eigenvalue weighted by Crippen LogP contribution is 2.28. The van der Waals surface area contributed by atoms with Crippen molar-refractivity contribution in [1.82, 2.24) is 15.2 Å². The van der Waals surface area contributed by atoms with Crippen LogP contribution in [0.1, 0.15) is 16.1 Å². The van der Waals surface area contributed by atoms with Crippen molar-refractivity contribution in [1.29, 1.82) is 0 Å². The van der Waals surface area contributed by atoms with Crippen molar-refractivity contribution < 1.29 is 13.6 Å². The number of benzene rings is 1. The van der Waals surface area contributed by atoms with E-state index in [1.165, 1.54) is 17.7 Å². The van der Waals surface area contributed by atoms with E-state index in [1.54, 1.807) is 18.4 Å². The molecule has 1 amide bonds. The number of carbonyl (C=O) groups is 1. The first-order chi connectivity index (χ1) is 12.2. The maximum Gasteiger partial charge on any atom is 0.280 e. The molecule has 0 aliphatic heterocycles. The van der Waals surface area contributed by atoms with Crippen molar-refractivity contribution in [2.45, 2.75) is 6.92 Å². The first-order valence-corrected chi connectivity index (χ1v) is 8.21. The standard InChI is InChI=1S/C17H12N4O3S/c1-10-4-2-5-11(8-10)14-13(18-9-24-14)15(22)19-17-21-20-16(25-17)12-6-3-7-23-12/h2-9H,1H3,(H,19,21,22). The molecule has 4 rings (SSSR count). The Morgan fingerprint density at radius 2 is 2.08 bits per heavy atom. The van der Waals surface area contributed by atoms with Crippen molar-refractivity contribution in [2.75, 3.05) is 5.32 Å². The topological polar surface area (TPSA) is 94.1 Å². The van der Waals surface area contributed by atoms with E-state index in [9.17, 15) is 4.79 Å². The lowest BCUT2D eigenvalue weighted by Crippen LogP contribution is -2.13. The lowest BCUT2D eigenvalue weighted by Gasteiger charge is -2.02. The molecule has 0 bridgehead atoms. The van der Waals surface area contributed by atoms with E-state index in [1.807, 2.05) is 31.2 Å². The van der Waals surface area contributed by atoms with Crippen LogP contribution in [0.2, 0.25) is 0 Å². The average molecular weight is 352 g/mol. The largest absolute Gasteiger partial charge is 0.462 e. The number of nitrogens with one attached hydrogen (secondary N) is 1. The molecule has 0 aliphatic carbocycles. The van der Waals surface area contributed by atoms with Crippen molar-refractivity contribution in [3.8, 4) is 22.1 Å². The molecule has 8 heteroatoms. The predicted molar refractivity (Wildman–Crippen MR) is 92.2 cm³/mol. The quantitative estimate of drug-likeness (QED) is 0.596. The molecule has 25 heavy (non-hydrogen) atoms. The number of amides is 1. The maximum absolute atomic E-state index is 12.5. The van der Waals surface area contributed by atoms with E-state index >= 15 is 0 Å². The van der Waals surface area contributed by atoms with Crippen LogP contribution in [-0.2, 0) is 0 Å². The van der Waals surface area contributed by atoms with Crippen LogP contribution in [0.4, 0.5) is 5.13 Å². The molecule has 3 aromatic heterocycles. The molecule has 0 aliphatic rings. The van der Waals surface area contributed by atoms with Gasteiger partial charge in [0.15, 0.2) is 28.6 Å². The van der Waals surface area contributed by atoms with Crippen LogP contribution in [0.5, 0.6) is 0 Å². The fraction of sp³-hybridized carbons (Fsp3) is 0.0588. The first-order valence-electron chi connectivity index (χ1n) is 7.40. The van der Waals surface area contributed by atoms with Gasteiger partial charge in [0.25, 0.3) is 5.91 Å². The molecule has 124 valence electrons. The van der Waals surface area contributed by atoms with Gasteiger partial charge in [-0.25, -0.2) is 4.98 Å². The summed E-state index contributed by atoms with van der Waals surface area (Å²) < 4.78 is 10.7. The molecule has 0 radical (unpaired) electrons. The van der Waals surface area contributed by atoms with Gasteiger partial charge >= 0.3 is 0 Å². The average Bonchev–Trinajstić information content (AvgIpc) is 3.35. The summed E-state index contributed by atoms with van der Waals surface area (Å²) in [5, 5.41) is 11.6. The van der Waals surface area contributed by atoms with Gasteiger partial charge in [-0.15, -0.1) is 10.2 Å². The number of nitrogens with zero attached hydrogens (tertiary/aromatic N) is 3. The molecule has 7 nitrogen and oxygen atoms in total. The van der Waals surface area contributed by atoms with Gasteiger partial charge in [0, 0.05) is 5.56 Å². The van der Waals surface area contributed by atoms with Gasteiger partial charge in [-0.05, 0) is 25.1 Å². The molecule has 4 aromatic rings. The second-order valence-corrected chi connectivity index (χ2v) is 6.22. The first kappa shape index (κ1) is 15.3. The number of oxazole rings is 1. The Morgan fingerprint density at radius 1 is 1.16 bits per heavy atom. The Morgan fingerprint density at radius 3 is 2.88 bits per heavy atom. The second-order valence-electron chi connectivity index (χ2n) is 5.24. The molecular formula is C17H12N4O3S.